The zero-order chi connectivity index (χ0) is 23.9. The van der Waals surface area contributed by atoms with Crippen LogP contribution in [0.15, 0.2) is 42.5 Å². The van der Waals surface area contributed by atoms with E-state index in [0.717, 1.165) is 0 Å². The van der Waals surface area contributed by atoms with Crippen molar-refractivity contribution in [1.82, 2.24) is 0 Å². The number of hydrogen-bond acceptors (Lipinski definition) is 6. The van der Waals surface area contributed by atoms with Crippen LogP contribution in [0.3, 0.4) is 0 Å². The fourth-order valence-electron chi connectivity index (χ4n) is 3.30. The molecule has 2 atom stereocenters. The maximum absolute atomic E-state index is 13.5. The van der Waals surface area contributed by atoms with Crippen molar-refractivity contribution >= 4 is 21.7 Å². The summed E-state index contributed by atoms with van der Waals surface area (Å²) in [5, 5.41) is 5.22. The highest BCUT2D eigenvalue weighted by atomic mass is 35.5. The molecule has 0 saturated heterocycles. The van der Waals surface area contributed by atoms with Gasteiger partial charge in [-0.3, -0.25) is 14.3 Å². The van der Waals surface area contributed by atoms with E-state index in [1.165, 1.54) is 36.4 Å². The van der Waals surface area contributed by atoms with E-state index < -0.39 is 51.5 Å². The van der Waals surface area contributed by atoms with Crippen LogP contribution in [0.5, 0.6) is 11.5 Å². The number of fused-ring (bicyclic) bond motifs is 2. The molecule has 0 N–H and O–H groups in total. The van der Waals surface area contributed by atoms with Crippen LogP contribution in [0, 0.1) is 10.1 Å². The van der Waals surface area contributed by atoms with E-state index in [4.69, 9.17) is 16.3 Å². The van der Waals surface area contributed by atoms with Gasteiger partial charge < -0.3 is 4.74 Å². The Hall–Kier alpha value is -2.51. The largest absolute Gasteiger partial charge is 0.472 e. The van der Waals surface area contributed by atoms with Gasteiger partial charge in [-0.25, -0.2) is 0 Å². The Balaban J connectivity index is 2.10. The standard InChI is InChI=1S/C18H13ClF5NO6S/c19-10-5-6-16-12(7-10)14(9-30-32(28,29)18(23,24)17(20,21)22)13(8-25(26)27)11-3-1-2-4-15(11)31-16/h1-7,13-14H,8-9H2/t13-,14-/m0/s1. The lowest BCUT2D eigenvalue weighted by molar-refractivity contribution is -0.484. The second kappa shape index (κ2) is 8.45. The van der Waals surface area contributed by atoms with Gasteiger partial charge in [0.25, 0.3) is 0 Å². The molecule has 32 heavy (non-hydrogen) atoms. The Kier molecular flexibility index (Phi) is 6.37. The normalized spacial score (nSPS) is 18.8. The molecular formula is C18H13ClF5NO6S. The Bertz CT molecular complexity index is 1140. The molecule has 3 rings (SSSR count). The molecule has 14 heteroatoms. The van der Waals surface area contributed by atoms with Gasteiger partial charge in [0.15, 0.2) is 0 Å². The van der Waals surface area contributed by atoms with E-state index >= 15 is 0 Å². The third kappa shape index (κ3) is 4.50. The van der Waals surface area contributed by atoms with Gasteiger partial charge in [0.05, 0.1) is 12.5 Å². The second-order valence-corrected chi connectivity index (χ2v) is 8.90. The summed E-state index contributed by atoms with van der Waals surface area (Å²) in [5.41, 5.74) is 0.260. The molecule has 1 aliphatic rings. The van der Waals surface area contributed by atoms with Crippen LogP contribution in [-0.4, -0.2) is 37.9 Å². The maximum Gasteiger partial charge on any atom is 0.472 e. The minimum atomic E-state index is -6.47. The van der Waals surface area contributed by atoms with Crippen molar-refractivity contribution in [3.63, 3.8) is 0 Å². The predicted molar refractivity (Wildman–Crippen MR) is 101 cm³/mol. The first-order chi connectivity index (χ1) is 14.7. The molecule has 0 aromatic heterocycles. The van der Waals surface area contributed by atoms with Crippen LogP contribution in [-0.2, 0) is 14.3 Å². The molecule has 0 fully saturated rings. The number of nitrogens with zero attached hydrogens (tertiary/aromatic N) is 1. The number of nitro groups is 1. The van der Waals surface area contributed by atoms with E-state index in [1.807, 2.05) is 0 Å². The van der Waals surface area contributed by atoms with Crippen LogP contribution in [0.2, 0.25) is 5.02 Å². The van der Waals surface area contributed by atoms with Crippen LogP contribution < -0.4 is 4.74 Å². The number of hydrogen-bond donors (Lipinski definition) is 0. The smallest absolute Gasteiger partial charge is 0.457 e. The van der Waals surface area contributed by atoms with E-state index in [0.29, 0.717) is 0 Å². The van der Waals surface area contributed by atoms with Gasteiger partial charge in [-0.1, -0.05) is 29.8 Å². The van der Waals surface area contributed by atoms with Gasteiger partial charge in [0.1, 0.15) is 11.5 Å². The summed E-state index contributed by atoms with van der Waals surface area (Å²) in [5.74, 6) is -2.35. The number of ether oxygens (including phenoxy) is 1. The second-order valence-electron chi connectivity index (χ2n) is 6.80. The van der Waals surface area contributed by atoms with Crippen LogP contribution in [0.1, 0.15) is 23.0 Å². The van der Waals surface area contributed by atoms with Crippen molar-refractivity contribution in [3.8, 4) is 11.5 Å². The van der Waals surface area contributed by atoms with E-state index in [9.17, 15) is 40.5 Å². The van der Waals surface area contributed by atoms with Crippen molar-refractivity contribution in [1.29, 1.82) is 0 Å². The van der Waals surface area contributed by atoms with Gasteiger partial charge in [0.2, 0.25) is 6.54 Å². The summed E-state index contributed by atoms with van der Waals surface area (Å²) in [7, 11) is -6.47. The number of benzene rings is 2. The van der Waals surface area contributed by atoms with Crippen molar-refractivity contribution < 1.29 is 44.2 Å². The van der Waals surface area contributed by atoms with Gasteiger partial charge in [-0.15, -0.1) is 0 Å². The van der Waals surface area contributed by atoms with Crippen LogP contribution in [0.4, 0.5) is 22.0 Å². The van der Waals surface area contributed by atoms with Gasteiger partial charge in [-0.05, 0) is 24.3 Å². The molecule has 1 aliphatic heterocycles. The number of rotatable bonds is 6. The highest BCUT2D eigenvalue weighted by molar-refractivity contribution is 7.87. The molecule has 1 heterocycles. The molecule has 0 aliphatic carbocycles. The first-order valence-corrected chi connectivity index (χ1v) is 10.5. The van der Waals surface area contributed by atoms with Crippen molar-refractivity contribution in [2.45, 2.75) is 23.3 Å². The van der Waals surface area contributed by atoms with Gasteiger partial charge in [0, 0.05) is 27.0 Å². The summed E-state index contributed by atoms with van der Waals surface area (Å²) in [4.78, 5) is 10.6. The van der Waals surface area contributed by atoms with E-state index in [2.05, 4.69) is 4.18 Å². The maximum atomic E-state index is 13.5. The van der Waals surface area contributed by atoms with Gasteiger partial charge in [-0.2, -0.15) is 30.4 Å². The Morgan fingerprint density at radius 1 is 1.03 bits per heavy atom. The first kappa shape index (κ1) is 24.1. The fraction of sp³-hybridized carbons (Fsp3) is 0.333. The fourth-order valence-corrected chi connectivity index (χ4v) is 4.24. The average molecular weight is 502 g/mol. The Morgan fingerprint density at radius 3 is 2.28 bits per heavy atom. The van der Waals surface area contributed by atoms with Crippen molar-refractivity contribution in [2.24, 2.45) is 0 Å². The monoisotopic (exact) mass is 501 g/mol. The predicted octanol–water partition coefficient (Wildman–Crippen LogP) is 5.09. The summed E-state index contributed by atoms with van der Waals surface area (Å²) in [6, 6.07) is 9.96. The molecule has 0 spiro atoms. The highest BCUT2D eigenvalue weighted by Crippen LogP contribution is 2.48. The zero-order valence-corrected chi connectivity index (χ0v) is 17.3. The third-order valence-electron chi connectivity index (χ3n) is 4.79. The number of halogens is 6. The first-order valence-electron chi connectivity index (χ1n) is 8.76. The summed E-state index contributed by atoms with van der Waals surface area (Å²) in [6.45, 7) is -2.08. The number of para-hydroxylation sites is 1. The van der Waals surface area contributed by atoms with Crippen molar-refractivity contribution in [3.05, 3.63) is 68.7 Å². The van der Waals surface area contributed by atoms with Gasteiger partial charge >= 0.3 is 21.5 Å². The highest BCUT2D eigenvalue weighted by Gasteiger charge is 2.68. The molecule has 7 nitrogen and oxygen atoms in total. The molecule has 2 aromatic rings. The zero-order valence-electron chi connectivity index (χ0n) is 15.7. The summed E-state index contributed by atoms with van der Waals surface area (Å²) >= 11 is 5.97. The molecule has 2 aromatic carbocycles. The average Bonchev–Trinajstić information content (AvgIpc) is 2.79. The minimum Gasteiger partial charge on any atom is -0.457 e. The lowest BCUT2D eigenvalue weighted by atomic mass is 9.82. The molecule has 0 radical (unpaired) electrons. The summed E-state index contributed by atoms with van der Waals surface area (Å²) < 4.78 is 97.9. The molecule has 0 amide bonds. The van der Waals surface area contributed by atoms with Crippen LogP contribution in [0.25, 0.3) is 0 Å². The minimum absolute atomic E-state index is 0.0473. The topological polar surface area (TPSA) is 95.7 Å². The molecule has 0 unspecified atom stereocenters. The molecule has 174 valence electrons. The Morgan fingerprint density at radius 2 is 1.66 bits per heavy atom. The van der Waals surface area contributed by atoms with E-state index in [1.54, 1.807) is 6.07 Å². The third-order valence-corrected chi connectivity index (χ3v) is 6.33. The lowest BCUT2D eigenvalue weighted by Crippen LogP contribution is -2.45. The SMILES string of the molecule is O=[N+]([O-])C[C@H]1c2ccccc2Oc2ccc(Cl)cc2[C@@H]1COS(=O)(=O)C(F)(F)C(F)(F)F. The quantitative estimate of drug-likeness (QED) is 0.237. The number of alkyl halides is 5. The molecule has 0 saturated carbocycles. The van der Waals surface area contributed by atoms with Crippen LogP contribution >= 0.6 is 11.6 Å². The Labute approximate surface area is 183 Å². The lowest BCUT2D eigenvalue weighted by Gasteiger charge is -2.25. The molecule has 0 bridgehead atoms. The molecular weight excluding hydrogens is 489 g/mol. The van der Waals surface area contributed by atoms with Crippen molar-refractivity contribution in [2.75, 3.05) is 13.2 Å². The van der Waals surface area contributed by atoms with E-state index in [-0.39, 0.29) is 27.6 Å². The summed E-state index contributed by atoms with van der Waals surface area (Å²) in [6.07, 6.45) is -6.42.